The smallest absolute Gasteiger partial charge is 0.240 e. The van der Waals surface area contributed by atoms with Gasteiger partial charge < -0.3 is 4.90 Å². The van der Waals surface area contributed by atoms with Crippen LogP contribution in [0.2, 0.25) is 0 Å². The summed E-state index contributed by atoms with van der Waals surface area (Å²) in [6, 6.07) is 0.360. The van der Waals surface area contributed by atoms with Crippen LogP contribution in [0.3, 0.4) is 0 Å². The molecule has 5 heteroatoms. The zero-order chi connectivity index (χ0) is 10.6. The Kier molecular flexibility index (Phi) is 5.12. The first-order valence-electron chi connectivity index (χ1n) is 4.73. The van der Waals surface area contributed by atoms with Gasteiger partial charge in [0.05, 0.1) is 6.04 Å². The number of likely N-dealkylation sites (N-methyl/N-ethyl adjacent to an activating group) is 1. The van der Waals surface area contributed by atoms with Crippen LogP contribution in [0.5, 0.6) is 0 Å². The highest BCUT2D eigenvalue weighted by molar-refractivity contribution is 7.99. The summed E-state index contributed by atoms with van der Waals surface area (Å²) in [5.41, 5.74) is 0. The summed E-state index contributed by atoms with van der Waals surface area (Å²) in [5.74, 6) is 3.05. The lowest BCUT2D eigenvalue weighted by Gasteiger charge is -2.26. The molecule has 0 spiro atoms. The predicted octanol–water partition coefficient (Wildman–Crippen LogP) is 0.859. The minimum Gasteiger partial charge on any atom is -0.341 e. The van der Waals surface area contributed by atoms with E-state index in [2.05, 4.69) is 18.5 Å². The fourth-order valence-electron chi connectivity index (χ4n) is 1.37. The Bertz CT molecular complexity index is 195. The quantitative estimate of drug-likeness (QED) is 0.782. The normalized spacial score (nSPS) is 23.5. The van der Waals surface area contributed by atoms with Crippen molar-refractivity contribution in [2.45, 2.75) is 19.0 Å². The molecule has 3 nitrogen and oxygen atoms in total. The average molecular weight is 234 g/mol. The van der Waals surface area contributed by atoms with Gasteiger partial charge >= 0.3 is 0 Å². The van der Waals surface area contributed by atoms with Crippen molar-refractivity contribution in [1.82, 2.24) is 10.2 Å². The number of nitrogens with zero attached hydrogens (tertiary/aromatic N) is 1. The Balaban J connectivity index is 2.42. The van der Waals surface area contributed by atoms with Crippen LogP contribution < -0.4 is 5.32 Å². The third-order valence-electron chi connectivity index (χ3n) is 2.43. The van der Waals surface area contributed by atoms with Crippen molar-refractivity contribution in [1.29, 1.82) is 0 Å². The fraction of sp³-hybridized carbons (Fsp3) is 0.889. The lowest BCUT2D eigenvalue weighted by atomic mass is 10.2. The summed E-state index contributed by atoms with van der Waals surface area (Å²) in [7, 11) is 1.90. The summed E-state index contributed by atoms with van der Waals surface area (Å²) in [6.07, 6.45) is 2.07. The number of thioether (sulfide) groups is 2. The Hall–Kier alpha value is 0.130. The van der Waals surface area contributed by atoms with E-state index in [-0.39, 0.29) is 11.9 Å². The van der Waals surface area contributed by atoms with Crippen molar-refractivity contribution in [3.05, 3.63) is 0 Å². The lowest BCUT2D eigenvalue weighted by Crippen LogP contribution is -2.47. The average Bonchev–Trinajstić information content (AvgIpc) is 2.68. The SMILES string of the molecule is CSCC(C)N(C)C(=O)C1CSCN1. The van der Waals surface area contributed by atoms with E-state index in [1.54, 1.807) is 23.5 Å². The molecule has 0 bridgehead atoms. The second kappa shape index (κ2) is 5.88. The maximum Gasteiger partial charge on any atom is 0.240 e. The van der Waals surface area contributed by atoms with Crippen LogP contribution in [0.1, 0.15) is 6.92 Å². The molecule has 0 aromatic carbocycles. The summed E-state index contributed by atoms with van der Waals surface area (Å²) >= 11 is 3.57. The van der Waals surface area contributed by atoms with Gasteiger partial charge in [-0.15, -0.1) is 11.8 Å². The van der Waals surface area contributed by atoms with E-state index in [4.69, 9.17) is 0 Å². The molecule has 82 valence electrons. The predicted molar refractivity (Wildman–Crippen MR) is 64.9 cm³/mol. The van der Waals surface area contributed by atoms with Crippen LogP contribution in [0.15, 0.2) is 0 Å². The molecule has 2 unspecified atom stereocenters. The molecule has 0 saturated carbocycles. The van der Waals surface area contributed by atoms with Crippen molar-refractivity contribution < 1.29 is 4.79 Å². The van der Waals surface area contributed by atoms with Gasteiger partial charge in [0.15, 0.2) is 0 Å². The molecule has 14 heavy (non-hydrogen) atoms. The van der Waals surface area contributed by atoms with Crippen molar-refractivity contribution in [2.24, 2.45) is 0 Å². The molecule has 1 aliphatic heterocycles. The standard InChI is InChI=1S/C9H18N2OS2/c1-7(4-13-3)11(2)9(12)8-5-14-6-10-8/h7-8,10H,4-6H2,1-3H3. The first-order valence-corrected chi connectivity index (χ1v) is 7.28. The highest BCUT2D eigenvalue weighted by atomic mass is 32.2. The van der Waals surface area contributed by atoms with Crippen molar-refractivity contribution in [2.75, 3.05) is 30.7 Å². The van der Waals surface area contributed by atoms with E-state index in [1.165, 1.54) is 0 Å². The molecule has 1 aliphatic rings. The number of amides is 1. The topological polar surface area (TPSA) is 32.3 Å². The minimum atomic E-state index is 0.0364. The second-order valence-corrected chi connectivity index (χ2v) is 5.47. The van der Waals surface area contributed by atoms with Crippen LogP contribution in [-0.4, -0.2) is 53.6 Å². The van der Waals surface area contributed by atoms with E-state index in [0.717, 1.165) is 17.4 Å². The summed E-state index contributed by atoms with van der Waals surface area (Å²) in [6.45, 7) is 2.09. The number of hydrogen-bond donors (Lipinski definition) is 1. The molecule has 0 radical (unpaired) electrons. The summed E-state index contributed by atoms with van der Waals surface area (Å²) < 4.78 is 0. The van der Waals surface area contributed by atoms with Crippen LogP contribution in [0, 0.1) is 0 Å². The van der Waals surface area contributed by atoms with Gasteiger partial charge in [0.25, 0.3) is 0 Å². The van der Waals surface area contributed by atoms with E-state index >= 15 is 0 Å². The Morgan fingerprint density at radius 3 is 3.00 bits per heavy atom. The highest BCUT2D eigenvalue weighted by Crippen LogP contribution is 2.13. The van der Waals surface area contributed by atoms with Gasteiger partial charge in [0.2, 0.25) is 5.91 Å². The third kappa shape index (κ3) is 3.07. The van der Waals surface area contributed by atoms with E-state index in [1.807, 2.05) is 11.9 Å². The van der Waals surface area contributed by atoms with Gasteiger partial charge in [-0.25, -0.2) is 0 Å². The molecule has 1 rings (SSSR count). The van der Waals surface area contributed by atoms with E-state index in [0.29, 0.717) is 6.04 Å². The molecule has 1 saturated heterocycles. The molecule has 1 fully saturated rings. The monoisotopic (exact) mass is 234 g/mol. The molecular weight excluding hydrogens is 216 g/mol. The van der Waals surface area contributed by atoms with Crippen molar-refractivity contribution in [3.8, 4) is 0 Å². The number of carbonyl (C=O) groups is 1. The van der Waals surface area contributed by atoms with Gasteiger partial charge in [-0.1, -0.05) is 0 Å². The highest BCUT2D eigenvalue weighted by Gasteiger charge is 2.27. The van der Waals surface area contributed by atoms with Gasteiger partial charge in [-0.05, 0) is 13.2 Å². The van der Waals surface area contributed by atoms with Crippen LogP contribution in [0.25, 0.3) is 0 Å². The molecule has 1 heterocycles. The minimum absolute atomic E-state index is 0.0364. The largest absolute Gasteiger partial charge is 0.341 e. The molecule has 1 amide bonds. The van der Waals surface area contributed by atoms with Crippen LogP contribution >= 0.6 is 23.5 Å². The number of rotatable bonds is 4. The zero-order valence-corrected chi connectivity index (χ0v) is 10.6. The maximum atomic E-state index is 11.9. The fourth-order valence-corrected chi connectivity index (χ4v) is 3.01. The first-order chi connectivity index (χ1) is 6.66. The van der Waals surface area contributed by atoms with E-state index in [9.17, 15) is 4.79 Å². The molecule has 2 atom stereocenters. The van der Waals surface area contributed by atoms with Crippen molar-refractivity contribution >= 4 is 29.4 Å². The first kappa shape index (κ1) is 12.2. The zero-order valence-electron chi connectivity index (χ0n) is 8.95. The Labute approximate surface area is 94.4 Å². The van der Waals surface area contributed by atoms with Crippen molar-refractivity contribution in [3.63, 3.8) is 0 Å². The van der Waals surface area contributed by atoms with Crippen LogP contribution in [-0.2, 0) is 4.79 Å². The van der Waals surface area contributed by atoms with E-state index < -0.39 is 0 Å². The van der Waals surface area contributed by atoms with Crippen LogP contribution in [0.4, 0.5) is 0 Å². The van der Waals surface area contributed by atoms with Gasteiger partial charge in [-0.3, -0.25) is 10.1 Å². The summed E-state index contributed by atoms with van der Waals surface area (Å²) in [4.78, 5) is 13.8. The molecule has 0 aromatic rings. The molecule has 0 aromatic heterocycles. The number of hydrogen-bond acceptors (Lipinski definition) is 4. The molecular formula is C9H18N2OS2. The molecule has 1 N–H and O–H groups in total. The Morgan fingerprint density at radius 2 is 2.50 bits per heavy atom. The van der Waals surface area contributed by atoms with Gasteiger partial charge in [0.1, 0.15) is 0 Å². The maximum absolute atomic E-state index is 11.9. The number of carbonyl (C=O) groups excluding carboxylic acids is 1. The van der Waals surface area contributed by atoms with Gasteiger partial charge in [-0.2, -0.15) is 11.8 Å². The third-order valence-corrected chi connectivity index (χ3v) is 4.19. The summed E-state index contributed by atoms with van der Waals surface area (Å²) in [5, 5.41) is 3.20. The molecule has 0 aliphatic carbocycles. The number of nitrogens with one attached hydrogen (secondary N) is 1. The Morgan fingerprint density at radius 1 is 1.79 bits per heavy atom. The second-order valence-electron chi connectivity index (χ2n) is 3.53. The van der Waals surface area contributed by atoms with Gasteiger partial charge in [0, 0.05) is 30.5 Å². The lowest BCUT2D eigenvalue weighted by molar-refractivity contribution is -0.132.